The first-order chi connectivity index (χ1) is 17.8. The number of aliphatic hydroxyl groups excluding tert-OH is 2. The van der Waals surface area contributed by atoms with Crippen LogP contribution in [0.4, 0.5) is 5.82 Å². The Morgan fingerprint density at radius 3 is 2.84 bits per heavy atom. The second-order valence-corrected chi connectivity index (χ2v) is 10.6. The van der Waals surface area contributed by atoms with Crippen molar-refractivity contribution >= 4 is 34.7 Å². The van der Waals surface area contributed by atoms with E-state index in [1.807, 2.05) is 23.9 Å². The second kappa shape index (κ2) is 10.9. The molecule has 7 N–H and O–H groups in total. The average molecular weight is 530 g/mol. The van der Waals surface area contributed by atoms with Gasteiger partial charge in [0.15, 0.2) is 17.7 Å². The molecule has 6 atom stereocenters. The summed E-state index contributed by atoms with van der Waals surface area (Å²) in [6.07, 6.45) is -0.148. The molecule has 0 bridgehead atoms. The molecule has 13 heteroatoms. The summed E-state index contributed by atoms with van der Waals surface area (Å²) in [5.41, 5.74) is 13.8. The highest BCUT2D eigenvalue weighted by molar-refractivity contribution is 7.99. The molecule has 0 amide bonds. The van der Waals surface area contributed by atoms with E-state index in [0.717, 1.165) is 12.2 Å². The summed E-state index contributed by atoms with van der Waals surface area (Å²) in [6, 6.07) is 7.38. The maximum Gasteiger partial charge on any atom is 0.320 e. The third-order valence-corrected chi connectivity index (χ3v) is 8.35. The predicted octanol–water partition coefficient (Wildman–Crippen LogP) is 0.411. The highest BCUT2D eigenvalue weighted by Gasteiger charge is 2.45. The van der Waals surface area contributed by atoms with Gasteiger partial charge in [-0.2, -0.15) is 0 Å². The zero-order valence-electron chi connectivity index (χ0n) is 20.1. The smallest absolute Gasteiger partial charge is 0.320 e. The van der Waals surface area contributed by atoms with Crippen LogP contribution in [0, 0.1) is 0 Å². The molecule has 0 saturated carbocycles. The Hall–Kier alpha value is -2.81. The first-order valence-electron chi connectivity index (χ1n) is 12.2. The van der Waals surface area contributed by atoms with Gasteiger partial charge in [0.25, 0.3) is 0 Å². The number of ether oxygens (including phenoxy) is 1. The first-order valence-corrected chi connectivity index (χ1v) is 13.2. The number of rotatable bonds is 10. The van der Waals surface area contributed by atoms with Gasteiger partial charge in [0, 0.05) is 23.7 Å². The molecule has 5 rings (SSSR count). The van der Waals surface area contributed by atoms with Crippen LogP contribution in [0.25, 0.3) is 11.2 Å². The van der Waals surface area contributed by atoms with Gasteiger partial charge in [0.1, 0.15) is 36.2 Å². The lowest BCUT2D eigenvalue weighted by atomic mass is 9.97. The average Bonchev–Trinajstić information content (AvgIpc) is 3.58. The fraction of sp³-hybridized carbons (Fsp3) is 0.500. The van der Waals surface area contributed by atoms with Crippen molar-refractivity contribution in [2.24, 2.45) is 5.73 Å². The van der Waals surface area contributed by atoms with Crippen LogP contribution in [0.1, 0.15) is 30.6 Å². The van der Waals surface area contributed by atoms with E-state index in [9.17, 15) is 20.1 Å². The van der Waals surface area contributed by atoms with Gasteiger partial charge in [-0.1, -0.05) is 18.2 Å². The molecule has 0 radical (unpaired) electrons. The number of carboxylic acid groups (broad SMARTS) is 1. The number of nitrogen functional groups attached to an aromatic ring is 1. The third-order valence-electron chi connectivity index (χ3n) is 7.10. The fourth-order valence-electron chi connectivity index (χ4n) is 4.97. The molecule has 1 unspecified atom stereocenters. The van der Waals surface area contributed by atoms with Crippen molar-refractivity contribution in [2.45, 2.75) is 54.2 Å². The Morgan fingerprint density at radius 2 is 2.03 bits per heavy atom. The molecule has 1 saturated heterocycles. The summed E-state index contributed by atoms with van der Waals surface area (Å²) in [6.45, 7) is 1.38. The molecule has 0 spiro atoms. The molecule has 37 heavy (non-hydrogen) atoms. The van der Waals surface area contributed by atoms with Crippen molar-refractivity contribution in [1.29, 1.82) is 0 Å². The standard InChI is InChI=1S/C24H31N7O5S/c25-15(24(34)35)6-8-30(7-5-13-10-37-17-4-2-1-3-14(13)17)9-16-19(32)20(33)23(36-16)31-12-29-18-21(26)27-11-28-22(18)31/h1-4,11-13,15-16,19-20,23,32-33H,5-10,25H2,(H,34,35)(H2,26,27,28)/t13?,15-,16+,19+,20+,23+/m0/s1. The number of imidazole rings is 1. The molecular formula is C24H31N7O5S. The second-order valence-electron chi connectivity index (χ2n) is 9.50. The van der Waals surface area contributed by atoms with E-state index >= 15 is 0 Å². The lowest BCUT2D eigenvalue weighted by Crippen LogP contribution is -2.43. The van der Waals surface area contributed by atoms with Crippen LogP contribution < -0.4 is 11.5 Å². The number of fused-ring (bicyclic) bond motifs is 2. The molecule has 2 aliphatic heterocycles. The van der Waals surface area contributed by atoms with Crippen molar-refractivity contribution in [3.63, 3.8) is 0 Å². The lowest BCUT2D eigenvalue weighted by molar-refractivity contribution is -0.138. The number of hydrogen-bond acceptors (Lipinski definition) is 11. The van der Waals surface area contributed by atoms with E-state index in [1.54, 1.807) is 4.57 Å². The van der Waals surface area contributed by atoms with Crippen LogP contribution in [-0.4, -0.2) is 95.4 Å². The molecule has 1 fully saturated rings. The normalized spacial score (nSPS) is 26.1. The fourth-order valence-corrected chi connectivity index (χ4v) is 6.27. The minimum atomic E-state index is -1.22. The van der Waals surface area contributed by atoms with Gasteiger partial charge in [-0.3, -0.25) is 9.36 Å². The van der Waals surface area contributed by atoms with E-state index in [1.165, 1.54) is 23.1 Å². The quantitative estimate of drug-likeness (QED) is 0.244. The summed E-state index contributed by atoms with van der Waals surface area (Å²) in [7, 11) is 0. The minimum absolute atomic E-state index is 0.209. The highest BCUT2D eigenvalue weighted by Crippen LogP contribution is 2.41. The van der Waals surface area contributed by atoms with Crippen molar-refractivity contribution in [3.8, 4) is 0 Å². The van der Waals surface area contributed by atoms with Gasteiger partial charge in [-0.15, -0.1) is 11.8 Å². The molecule has 1 aromatic carbocycles. The summed E-state index contributed by atoms with van der Waals surface area (Å²) in [5.74, 6) is 0.527. The Kier molecular flexibility index (Phi) is 7.60. The molecule has 3 aromatic rings. The molecular weight excluding hydrogens is 498 g/mol. The summed E-state index contributed by atoms with van der Waals surface area (Å²) < 4.78 is 7.66. The maximum atomic E-state index is 11.3. The Labute approximate surface area is 217 Å². The Morgan fingerprint density at radius 1 is 1.22 bits per heavy atom. The van der Waals surface area contributed by atoms with Crippen LogP contribution >= 0.6 is 11.8 Å². The predicted molar refractivity (Wildman–Crippen MR) is 137 cm³/mol. The van der Waals surface area contributed by atoms with Crippen LogP contribution in [0.3, 0.4) is 0 Å². The van der Waals surface area contributed by atoms with Crippen molar-refractivity contribution in [1.82, 2.24) is 24.4 Å². The van der Waals surface area contributed by atoms with Gasteiger partial charge < -0.3 is 36.4 Å². The summed E-state index contributed by atoms with van der Waals surface area (Å²) in [4.78, 5) is 27.0. The van der Waals surface area contributed by atoms with Crippen molar-refractivity contribution in [3.05, 3.63) is 42.5 Å². The highest BCUT2D eigenvalue weighted by atomic mass is 32.2. The number of aromatic nitrogens is 4. The summed E-state index contributed by atoms with van der Waals surface area (Å²) >= 11 is 1.84. The molecule has 0 aliphatic carbocycles. The maximum absolute atomic E-state index is 11.3. The van der Waals surface area contributed by atoms with E-state index in [4.69, 9.17) is 16.2 Å². The van der Waals surface area contributed by atoms with Crippen LogP contribution in [0.5, 0.6) is 0 Å². The number of aliphatic hydroxyl groups is 2. The number of hydrogen-bond donors (Lipinski definition) is 5. The van der Waals surface area contributed by atoms with Crippen molar-refractivity contribution in [2.75, 3.05) is 31.1 Å². The van der Waals surface area contributed by atoms with E-state index < -0.39 is 36.6 Å². The third kappa shape index (κ3) is 5.28. The van der Waals surface area contributed by atoms with Gasteiger partial charge in [0.2, 0.25) is 0 Å². The van der Waals surface area contributed by atoms with Crippen LogP contribution in [0.15, 0.2) is 41.8 Å². The SMILES string of the molecule is Nc1ncnc2c1ncn2[C@@H]1O[C@H](CN(CCC2CSc3ccccc32)CC[C@H](N)C(=O)O)[C@@H](O)[C@H]1O. The molecule has 2 aromatic heterocycles. The van der Waals surface area contributed by atoms with Gasteiger partial charge in [-0.05, 0) is 36.9 Å². The Balaban J connectivity index is 1.29. The number of benzene rings is 1. The molecule has 198 valence electrons. The van der Waals surface area contributed by atoms with Crippen LogP contribution in [0.2, 0.25) is 0 Å². The number of aliphatic carboxylic acids is 1. The molecule has 2 aliphatic rings. The Bertz CT molecular complexity index is 1260. The van der Waals surface area contributed by atoms with Gasteiger partial charge in [0.05, 0.1) is 6.33 Å². The largest absolute Gasteiger partial charge is 0.480 e. The first kappa shape index (κ1) is 25.8. The van der Waals surface area contributed by atoms with E-state index in [0.29, 0.717) is 36.7 Å². The van der Waals surface area contributed by atoms with Gasteiger partial charge >= 0.3 is 5.97 Å². The number of anilines is 1. The van der Waals surface area contributed by atoms with Gasteiger partial charge in [-0.25, -0.2) is 15.0 Å². The van der Waals surface area contributed by atoms with E-state index in [2.05, 4.69) is 32.0 Å². The number of nitrogens with two attached hydrogens (primary N) is 2. The topological polar surface area (TPSA) is 186 Å². The van der Waals surface area contributed by atoms with Crippen molar-refractivity contribution < 1.29 is 24.9 Å². The number of carbonyl (C=O) groups is 1. The monoisotopic (exact) mass is 529 g/mol. The number of carboxylic acids is 1. The van der Waals surface area contributed by atoms with Crippen LogP contribution in [-0.2, 0) is 9.53 Å². The molecule has 12 nitrogen and oxygen atoms in total. The zero-order valence-corrected chi connectivity index (χ0v) is 20.9. The number of nitrogens with zero attached hydrogens (tertiary/aromatic N) is 5. The summed E-state index contributed by atoms with van der Waals surface area (Å²) in [5, 5.41) is 30.9. The zero-order chi connectivity index (χ0) is 26.1. The van der Waals surface area contributed by atoms with E-state index in [-0.39, 0.29) is 12.2 Å². The minimum Gasteiger partial charge on any atom is -0.480 e. The number of thioether (sulfide) groups is 1. The molecule has 4 heterocycles. The lowest BCUT2D eigenvalue weighted by Gasteiger charge is -2.28.